The molecule has 0 bridgehead atoms. The van der Waals surface area contributed by atoms with Gasteiger partial charge in [-0.05, 0) is 42.0 Å². The number of hydrogen-bond acceptors (Lipinski definition) is 3. The average Bonchev–Trinajstić information content (AvgIpc) is 2.53. The summed E-state index contributed by atoms with van der Waals surface area (Å²) in [5.41, 5.74) is 1.19. The first-order valence-electron chi connectivity index (χ1n) is 6.57. The number of methoxy groups -OCH3 is 1. The van der Waals surface area contributed by atoms with Gasteiger partial charge in [-0.1, -0.05) is 24.3 Å². The molecule has 0 aliphatic rings. The minimum atomic E-state index is -3.67. The predicted octanol–water partition coefficient (Wildman–Crippen LogP) is 2.94. The lowest BCUT2D eigenvalue weighted by Gasteiger charge is -2.09. The molecular weight excluding hydrogens is 302 g/mol. The zero-order valence-corrected chi connectivity index (χ0v) is 12.8. The van der Waals surface area contributed by atoms with Crippen molar-refractivity contribution in [3.05, 3.63) is 60.2 Å². The average molecular weight is 318 g/mol. The van der Waals surface area contributed by atoms with Crippen LogP contribution in [0.3, 0.4) is 0 Å². The number of rotatable bonds is 6. The van der Waals surface area contributed by atoms with E-state index in [1.807, 2.05) is 0 Å². The number of sulfonamides is 1. The van der Waals surface area contributed by atoms with Crippen LogP contribution in [0.25, 0.3) is 6.08 Å². The van der Waals surface area contributed by atoms with Crippen molar-refractivity contribution in [2.24, 2.45) is 0 Å². The Bertz CT molecular complexity index is 752. The van der Waals surface area contributed by atoms with Crippen LogP contribution in [-0.4, -0.2) is 22.1 Å². The maximum absolute atomic E-state index is 12.3. The third-order valence-electron chi connectivity index (χ3n) is 2.92. The largest absolute Gasteiger partial charge is 0.497 e. The van der Waals surface area contributed by atoms with Crippen molar-refractivity contribution in [3.63, 3.8) is 0 Å². The van der Waals surface area contributed by atoms with Crippen molar-refractivity contribution in [3.8, 4) is 5.75 Å². The van der Waals surface area contributed by atoms with E-state index in [2.05, 4.69) is 4.72 Å². The van der Waals surface area contributed by atoms with E-state index >= 15 is 0 Å². The highest BCUT2D eigenvalue weighted by molar-refractivity contribution is 7.92. The normalized spacial score (nSPS) is 11.5. The molecular formula is C16H16NO4S. The Balaban J connectivity index is 2.22. The number of anilines is 1. The molecule has 0 aromatic heterocycles. The summed E-state index contributed by atoms with van der Waals surface area (Å²) in [5, 5.41) is 10.4. The Morgan fingerprint density at radius 2 is 1.86 bits per heavy atom. The lowest BCUT2D eigenvalue weighted by atomic mass is 10.2. The molecule has 0 heterocycles. The minimum Gasteiger partial charge on any atom is -0.497 e. The van der Waals surface area contributed by atoms with Crippen LogP contribution in [0.1, 0.15) is 5.56 Å². The smallest absolute Gasteiger partial charge is 0.261 e. The molecule has 0 spiro atoms. The van der Waals surface area contributed by atoms with Crippen LogP contribution >= 0.6 is 0 Å². The van der Waals surface area contributed by atoms with Gasteiger partial charge < -0.3 is 4.74 Å². The molecule has 0 saturated heterocycles. The summed E-state index contributed by atoms with van der Waals surface area (Å²) < 4.78 is 32.1. The van der Waals surface area contributed by atoms with Gasteiger partial charge in [-0.3, -0.25) is 4.72 Å². The monoisotopic (exact) mass is 318 g/mol. The number of ether oxygens (including phenoxy) is 1. The quantitative estimate of drug-likeness (QED) is 0.889. The second-order valence-corrected chi connectivity index (χ2v) is 6.16. The van der Waals surface area contributed by atoms with E-state index in [0.717, 1.165) is 5.56 Å². The van der Waals surface area contributed by atoms with Gasteiger partial charge in [0.05, 0.1) is 12.0 Å². The van der Waals surface area contributed by atoms with Gasteiger partial charge in [0.1, 0.15) is 12.4 Å². The molecule has 2 aromatic carbocycles. The van der Waals surface area contributed by atoms with E-state index in [1.165, 1.54) is 25.3 Å². The lowest BCUT2D eigenvalue weighted by molar-refractivity contribution is 0.233. The third-order valence-corrected chi connectivity index (χ3v) is 4.31. The number of nitrogens with one attached hydrogen (secondary N) is 1. The topological polar surface area (TPSA) is 75.3 Å². The second-order valence-electron chi connectivity index (χ2n) is 4.48. The van der Waals surface area contributed by atoms with Crippen molar-refractivity contribution in [1.82, 2.24) is 0 Å². The van der Waals surface area contributed by atoms with E-state index in [1.54, 1.807) is 42.5 Å². The van der Waals surface area contributed by atoms with E-state index in [4.69, 9.17) is 4.74 Å². The fourth-order valence-corrected chi connectivity index (χ4v) is 2.91. The van der Waals surface area contributed by atoms with Crippen LogP contribution in [0.4, 0.5) is 5.69 Å². The molecule has 22 heavy (non-hydrogen) atoms. The van der Waals surface area contributed by atoms with Crippen LogP contribution in [0, 0.1) is 0 Å². The first-order chi connectivity index (χ1) is 10.5. The highest BCUT2D eigenvalue weighted by Gasteiger charge is 2.14. The van der Waals surface area contributed by atoms with Crippen LogP contribution in [0.15, 0.2) is 59.5 Å². The van der Waals surface area contributed by atoms with Crippen molar-refractivity contribution in [2.45, 2.75) is 4.90 Å². The Labute approximate surface area is 129 Å². The first-order valence-corrected chi connectivity index (χ1v) is 8.05. The Kier molecular flexibility index (Phi) is 5.19. The summed E-state index contributed by atoms with van der Waals surface area (Å²) in [6.07, 6.45) is 3.12. The summed E-state index contributed by atoms with van der Waals surface area (Å²) in [6.45, 7) is -0.318. The van der Waals surface area contributed by atoms with Crippen LogP contribution in [0.2, 0.25) is 0 Å². The van der Waals surface area contributed by atoms with Gasteiger partial charge in [0.15, 0.2) is 0 Å². The fourth-order valence-electron chi connectivity index (χ4n) is 1.86. The predicted molar refractivity (Wildman–Crippen MR) is 84.8 cm³/mol. The summed E-state index contributed by atoms with van der Waals surface area (Å²) in [4.78, 5) is 0.147. The minimum absolute atomic E-state index is 0.147. The fraction of sp³-hybridized carbons (Fsp3) is 0.125. The van der Waals surface area contributed by atoms with Crippen LogP contribution in [-0.2, 0) is 15.1 Å². The molecule has 0 aliphatic carbocycles. The molecule has 0 atom stereocenters. The maximum Gasteiger partial charge on any atom is 0.261 e. The zero-order chi connectivity index (χ0) is 16.0. The highest BCUT2D eigenvalue weighted by atomic mass is 32.2. The molecule has 115 valence electrons. The molecule has 2 rings (SSSR count). The summed E-state index contributed by atoms with van der Waals surface area (Å²) in [7, 11) is -2.15. The zero-order valence-electron chi connectivity index (χ0n) is 12.0. The van der Waals surface area contributed by atoms with Crippen molar-refractivity contribution >= 4 is 21.8 Å². The molecule has 0 aliphatic heterocycles. The Morgan fingerprint density at radius 1 is 1.14 bits per heavy atom. The van der Waals surface area contributed by atoms with Crippen molar-refractivity contribution in [1.29, 1.82) is 0 Å². The highest BCUT2D eigenvalue weighted by Crippen LogP contribution is 2.20. The summed E-state index contributed by atoms with van der Waals surface area (Å²) in [5.74, 6) is 0.587. The lowest BCUT2D eigenvalue weighted by Crippen LogP contribution is -2.12. The van der Waals surface area contributed by atoms with Gasteiger partial charge in [0.25, 0.3) is 10.0 Å². The van der Waals surface area contributed by atoms with Gasteiger partial charge >= 0.3 is 0 Å². The summed E-state index contributed by atoms with van der Waals surface area (Å²) in [6, 6.07) is 12.9. The van der Waals surface area contributed by atoms with Crippen molar-refractivity contribution in [2.75, 3.05) is 18.4 Å². The van der Waals surface area contributed by atoms with E-state index < -0.39 is 10.0 Å². The maximum atomic E-state index is 12.3. The van der Waals surface area contributed by atoms with Gasteiger partial charge in [0, 0.05) is 5.69 Å². The van der Waals surface area contributed by atoms with Gasteiger partial charge in [-0.15, -0.1) is 0 Å². The molecule has 0 unspecified atom stereocenters. The van der Waals surface area contributed by atoms with E-state index in [0.29, 0.717) is 11.4 Å². The van der Waals surface area contributed by atoms with Crippen molar-refractivity contribution < 1.29 is 18.3 Å². The van der Waals surface area contributed by atoms with Gasteiger partial charge in [-0.25, -0.2) is 13.5 Å². The van der Waals surface area contributed by atoms with Crippen LogP contribution in [0.5, 0.6) is 5.75 Å². The molecule has 5 nitrogen and oxygen atoms in total. The standard InChI is InChI=1S/C16H16NO4S/c1-21-15-7-9-16(10-8-15)22(19,20)17-14-6-2-4-13(12-14)5-3-11-18/h2-10,12,17H,11H2,1H3/b5-3+. The second kappa shape index (κ2) is 7.11. The van der Waals surface area contributed by atoms with Gasteiger partial charge in [-0.2, -0.15) is 0 Å². The molecule has 0 fully saturated rings. The molecule has 1 N–H and O–H groups in total. The van der Waals surface area contributed by atoms with E-state index in [9.17, 15) is 13.5 Å². The SMILES string of the molecule is COc1ccc(S(=O)(=O)Nc2cccc(/C=C/C[O])c2)cc1. The first kappa shape index (κ1) is 16.1. The van der Waals surface area contributed by atoms with E-state index in [-0.39, 0.29) is 11.5 Å². The molecule has 6 heteroatoms. The summed E-state index contributed by atoms with van der Waals surface area (Å²) >= 11 is 0. The Morgan fingerprint density at radius 3 is 2.50 bits per heavy atom. The molecule has 0 amide bonds. The van der Waals surface area contributed by atoms with Gasteiger partial charge in [0.2, 0.25) is 0 Å². The molecule has 0 saturated carbocycles. The van der Waals surface area contributed by atoms with Crippen LogP contribution < -0.4 is 9.46 Å². The number of benzene rings is 2. The third kappa shape index (κ3) is 4.09. The number of hydrogen-bond donors (Lipinski definition) is 1. The Hall–Kier alpha value is -2.31. The molecule has 2 aromatic rings. The molecule has 1 radical (unpaired) electrons.